The van der Waals surface area contributed by atoms with E-state index in [4.69, 9.17) is 9.47 Å². The predicted octanol–water partition coefficient (Wildman–Crippen LogP) is -0.446. The topological polar surface area (TPSA) is 24.9 Å². The van der Waals surface area contributed by atoms with Crippen molar-refractivity contribution in [1.29, 1.82) is 0 Å². The largest absolute Gasteiger partial charge is 1.00 e. The SMILES string of the molecule is C1CCOC1.C1CCOC1.CC[N]([Hf+2][N](CC)c1ccccc1)c1ccccc1.[Cl-].[Cl-]. The van der Waals surface area contributed by atoms with E-state index in [-0.39, 0.29) is 24.8 Å². The smallest absolute Gasteiger partial charge is 1.00 e. The van der Waals surface area contributed by atoms with Crippen molar-refractivity contribution in [2.45, 2.75) is 39.5 Å². The second kappa shape index (κ2) is 20.0. The Morgan fingerprint density at radius 3 is 1.16 bits per heavy atom. The number of benzene rings is 2. The van der Waals surface area contributed by atoms with E-state index in [2.05, 4.69) is 80.3 Å². The fourth-order valence-corrected chi connectivity index (χ4v) is 6.97. The van der Waals surface area contributed by atoms with Gasteiger partial charge in [0.25, 0.3) is 0 Å². The summed E-state index contributed by atoms with van der Waals surface area (Å²) in [5.74, 6) is 0. The Labute approximate surface area is 213 Å². The zero-order valence-electron chi connectivity index (χ0n) is 18.8. The van der Waals surface area contributed by atoms with Gasteiger partial charge in [-0.25, -0.2) is 0 Å². The van der Waals surface area contributed by atoms with Gasteiger partial charge in [-0.15, -0.1) is 0 Å². The summed E-state index contributed by atoms with van der Waals surface area (Å²) in [6.45, 7) is 10.7. The van der Waals surface area contributed by atoms with Crippen molar-refractivity contribution in [3.05, 3.63) is 60.7 Å². The van der Waals surface area contributed by atoms with Crippen LogP contribution in [0.3, 0.4) is 0 Å². The molecule has 0 saturated carbocycles. The molecular weight excluding hydrogens is 598 g/mol. The molecule has 2 aromatic carbocycles. The summed E-state index contributed by atoms with van der Waals surface area (Å²) in [7, 11) is 0. The standard InChI is InChI=1S/2C8H10N.2C4H8O.2ClH.Hf/c2*1-2-9-8-6-4-3-5-7-8;2*1-2-4-5-3-1;;;/h2*3-7H,2H2,1H3;2*1-4H2;2*1H;/q2*-1;;;;;+4/p-2. The van der Waals surface area contributed by atoms with Gasteiger partial charge in [0.2, 0.25) is 0 Å². The Bertz CT molecular complexity index is 559. The third-order valence-electron chi connectivity index (χ3n) is 4.66. The monoisotopic (exact) mass is 634 g/mol. The van der Waals surface area contributed by atoms with Crippen LogP contribution in [-0.2, 0) is 33.0 Å². The van der Waals surface area contributed by atoms with Crippen molar-refractivity contribution in [2.24, 2.45) is 0 Å². The molecule has 2 aromatic rings. The normalized spacial score (nSPS) is 13.7. The van der Waals surface area contributed by atoms with Crippen LogP contribution >= 0.6 is 0 Å². The third kappa shape index (κ3) is 12.9. The van der Waals surface area contributed by atoms with Crippen molar-refractivity contribution in [2.75, 3.05) is 45.3 Å². The van der Waals surface area contributed by atoms with Crippen molar-refractivity contribution < 1.29 is 57.8 Å². The number of hydrogen-bond donors (Lipinski definition) is 0. The minimum Gasteiger partial charge on any atom is -1.00 e. The molecule has 31 heavy (non-hydrogen) atoms. The van der Waals surface area contributed by atoms with Gasteiger partial charge >= 0.3 is 128 Å². The molecule has 2 aliphatic rings. The first-order chi connectivity index (χ1) is 14.3. The quantitative estimate of drug-likeness (QED) is 0.403. The molecule has 2 fully saturated rings. The van der Waals surface area contributed by atoms with Gasteiger partial charge in [0.1, 0.15) is 0 Å². The molecule has 0 spiro atoms. The van der Waals surface area contributed by atoms with Gasteiger partial charge < -0.3 is 34.3 Å². The molecule has 2 heterocycles. The fourth-order valence-electron chi connectivity index (χ4n) is 3.00. The van der Waals surface area contributed by atoms with E-state index in [0.717, 1.165) is 39.5 Å². The number of anilines is 2. The molecule has 4 nitrogen and oxygen atoms in total. The van der Waals surface area contributed by atoms with Crippen molar-refractivity contribution in [1.82, 2.24) is 0 Å². The molecule has 0 radical (unpaired) electrons. The fraction of sp³-hybridized carbons (Fsp3) is 0.500. The van der Waals surface area contributed by atoms with Crippen LogP contribution in [0.25, 0.3) is 0 Å². The molecular formula is C24H36Cl2HfN2O2. The minimum absolute atomic E-state index is 0. The van der Waals surface area contributed by atoms with Crippen LogP contribution in [0.5, 0.6) is 0 Å². The number of halogens is 2. The number of rotatable bonds is 6. The van der Waals surface area contributed by atoms with E-state index in [1.807, 2.05) is 0 Å². The maximum Gasteiger partial charge on any atom is -1.00 e. The van der Waals surface area contributed by atoms with Gasteiger partial charge in [0.15, 0.2) is 0 Å². The van der Waals surface area contributed by atoms with Crippen LogP contribution in [0, 0.1) is 0 Å². The van der Waals surface area contributed by atoms with E-state index in [9.17, 15) is 0 Å². The summed E-state index contributed by atoms with van der Waals surface area (Å²) in [4.78, 5) is 0. The van der Waals surface area contributed by atoms with Crippen LogP contribution in [0.15, 0.2) is 60.7 Å². The summed E-state index contributed by atoms with van der Waals surface area (Å²) >= 11 is -1.05. The van der Waals surface area contributed by atoms with Crippen molar-refractivity contribution in [3.8, 4) is 0 Å². The zero-order chi connectivity index (χ0) is 20.6. The first-order valence-electron chi connectivity index (χ1n) is 10.9. The number of ether oxygens (including phenoxy) is 2. The van der Waals surface area contributed by atoms with E-state index < -0.39 is 23.5 Å². The van der Waals surface area contributed by atoms with Crippen molar-refractivity contribution >= 4 is 11.4 Å². The molecule has 0 atom stereocenters. The van der Waals surface area contributed by atoms with Crippen LogP contribution in [0.1, 0.15) is 39.5 Å². The molecule has 0 unspecified atom stereocenters. The number of nitrogens with zero attached hydrogens (tertiary/aromatic N) is 2. The molecule has 7 heteroatoms. The van der Waals surface area contributed by atoms with Gasteiger partial charge in [-0.1, -0.05) is 0 Å². The Morgan fingerprint density at radius 2 is 0.935 bits per heavy atom. The summed E-state index contributed by atoms with van der Waals surface area (Å²) in [5, 5.41) is 0. The molecule has 0 amide bonds. The molecule has 0 N–H and O–H groups in total. The van der Waals surface area contributed by atoms with Gasteiger partial charge in [0, 0.05) is 26.4 Å². The first-order valence-corrected chi connectivity index (χ1v) is 14.1. The Balaban J connectivity index is 0.000000615. The average molecular weight is 634 g/mol. The Hall–Kier alpha value is -0.590. The molecule has 0 aromatic heterocycles. The summed E-state index contributed by atoms with van der Waals surface area (Å²) < 4.78 is 15.0. The van der Waals surface area contributed by atoms with Gasteiger partial charge in [-0.3, -0.25) is 0 Å². The molecule has 0 bridgehead atoms. The van der Waals surface area contributed by atoms with Gasteiger partial charge in [0.05, 0.1) is 0 Å². The molecule has 0 aliphatic carbocycles. The summed E-state index contributed by atoms with van der Waals surface area (Å²) in [5.41, 5.74) is 2.73. The van der Waals surface area contributed by atoms with Crippen LogP contribution in [-0.4, -0.2) is 39.5 Å². The predicted molar refractivity (Wildman–Crippen MR) is 119 cm³/mol. The van der Waals surface area contributed by atoms with E-state index in [1.165, 1.54) is 37.1 Å². The Kier molecular flexibility index (Phi) is 19.7. The molecule has 4 rings (SSSR count). The second-order valence-corrected chi connectivity index (χ2v) is 11.5. The molecule has 172 valence electrons. The first kappa shape index (κ1) is 30.4. The second-order valence-electron chi connectivity index (χ2n) is 6.90. The third-order valence-corrected chi connectivity index (χ3v) is 10.5. The van der Waals surface area contributed by atoms with E-state index >= 15 is 0 Å². The summed E-state index contributed by atoms with van der Waals surface area (Å²) in [6, 6.07) is 21.5. The number of para-hydroxylation sites is 2. The van der Waals surface area contributed by atoms with Crippen molar-refractivity contribution in [3.63, 3.8) is 0 Å². The maximum absolute atomic E-state index is 4.94. The van der Waals surface area contributed by atoms with Gasteiger partial charge in [-0.05, 0) is 25.7 Å². The van der Waals surface area contributed by atoms with E-state index in [1.54, 1.807) is 0 Å². The minimum atomic E-state index is -1.05. The van der Waals surface area contributed by atoms with Crippen LogP contribution in [0.4, 0.5) is 11.4 Å². The molecule has 2 saturated heterocycles. The average Bonchev–Trinajstić information content (AvgIpc) is 3.55. The Morgan fingerprint density at radius 1 is 0.613 bits per heavy atom. The van der Waals surface area contributed by atoms with Gasteiger partial charge in [-0.2, -0.15) is 0 Å². The summed E-state index contributed by atoms with van der Waals surface area (Å²) in [6.07, 6.45) is 5.11. The van der Waals surface area contributed by atoms with Crippen LogP contribution in [0.2, 0.25) is 0 Å². The molecule has 2 aliphatic heterocycles. The van der Waals surface area contributed by atoms with Crippen LogP contribution < -0.4 is 30.6 Å². The van der Waals surface area contributed by atoms with E-state index in [0.29, 0.717) is 0 Å². The maximum atomic E-state index is 4.94. The zero-order valence-corrected chi connectivity index (χ0v) is 23.9. The number of hydrogen-bond acceptors (Lipinski definition) is 4.